The van der Waals surface area contributed by atoms with Gasteiger partial charge in [-0.25, -0.2) is 4.57 Å². The Bertz CT molecular complexity index is 1940. The summed E-state index contributed by atoms with van der Waals surface area (Å²) in [5.41, 5.74) is 4.50. The second kappa shape index (κ2) is 7.20. The van der Waals surface area contributed by atoms with Crippen molar-refractivity contribution in [3.05, 3.63) is 77.5 Å². The molecule has 0 amide bonds. The molecule has 0 aliphatic carbocycles. The number of para-hydroxylation sites is 1. The van der Waals surface area contributed by atoms with E-state index >= 15 is 0 Å². The molecule has 0 saturated heterocycles. The number of fused-ring (bicyclic) bond motifs is 7. The van der Waals surface area contributed by atoms with Gasteiger partial charge in [-0.3, -0.25) is 0 Å². The molecule has 3 heteroatoms. The van der Waals surface area contributed by atoms with Crippen molar-refractivity contribution in [2.24, 2.45) is 12.5 Å². The van der Waals surface area contributed by atoms with Gasteiger partial charge >= 0.3 is 0 Å². The Kier molecular flexibility index (Phi) is 3.41. The zero-order valence-electron chi connectivity index (χ0n) is 25.0. The molecule has 0 N–H and O–H groups in total. The first-order chi connectivity index (χ1) is 18.2. The van der Waals surface area contributed by atoms with Gasteiger partial charge in [0.05, 0.1) is 5.56 Å². The van der Waals surface area contributed by atoms with E-state index in [0.717, 1.165) is 38.3 Å². The Morgan fingerprint density at radius 1 is 0.853 bits per heavy atom. The minimum Gasteiger partial charge on any atom is -0.452 e. The summed E-state index contributed by atoms with van der Waals surface area (Å²) in [4.78, 5) is 0. The third kappa shape index (κ3) is 3.14. The molecule has 3 aromatic carbocycles. The summed E-state index contributed by atoms with van der Waals surface area (Å²) >= 11 is 0. The van der Waals surface area contributed by atoms with E-state index in [4.69, 9.17) is 15.7 Å². The van der Waals surface area contributed by atoms with Crippen molar-refractivity contribution in [1.82, 2.24) is 0 Å². The van der Waals surface area contributed by atoms with E-state index < -0.39 is 18.6 Å². The molecule has 6 rings (SSSR count). The van der Waals surface area contributed by atoms with Crippen molar-refractivity contribution in [1.29, 1.82) is 0 Å². The van der Waals surface area contributed by atoms with Crippen LogP contribution in [-0.2, 0) is 13.4 Å². The van der Waals surface area contributed by atoms with Crippen LogP contribution in [0.2, 0.25) is 0 Å². The maximum Gasteiger partial charge on any atom is 0.216 e. The summed E-state index contributed by atoms with van der Waals surface area (Å²) in [5, 5.41) is 3.83. The lowest BCUT2D eigenvalue weighted by Crippen LogP contribution is -2.32. The van der Waals surface area contributed by atoms with Crippen molar-refractivity contribution < 1.29 is 20.3 Å². The monoisotopic (exact) mass is 453 g/mol. The van der Waals surface area contributed by atoms with Crippen LogP contribution in [-0.4, -0.2) is 0 Å². The third-order valence-corrected chi connectivity index (χ3v) is 6.40. The first-order valence-corrected chi connectivity index (χ1v) is 11.5. The van der Waals surface area contributed by atoms with Gasteiger partial charge < -0.3 is 8.83 Å². The molecule has 0 aliphatic rings. The predicted octanol–water partition coefficient (Wildman–Crippen LogP) is 8.18. The van der Waals surface area contributed by atoms with Crippen molar-refractivity contribution in [3.8, 4) is 11.3 Å². The lowest BCUT2D eigenvalue weighted by Gasteiger charge is -2.19. The lowest BCUT2D eigenvalue weighted by atomic mass is 9.86. The van der Waals surface area contributed by atoms with Gasteiger partial charge in [0.15, 0.2) is 17.4 Å². The van der Waals surface area contributed by atoms with Crippen LogP contribution in [0.5, 0.6) is 0 Å². The van der Waals surface area contributed by atoms with Crippen LogP contribution in [0.25, 0.3) is 55.1 Å². The Morgan fingerprint density at radius 3 is 2.29 bits per heavy atom. The minimum atomic E-state index is -2.47. The van der Waals surface area contributed by atoms with Crippen LogP contribution < -0.4 is 4.57 Å². The second-order valence-electron chi connectivity index (χ2n) is 10.1. The maximum absolute atomic E-state index is 8.99. The number of furan rings is 2. The zero-order valence-corrected chi connectivity index (χ0v) is 20.0. The summed E-state index contributed by atoms with van der Waals surface area (Å²) in [5.74, 6) is 0. The number of benzene rings is 3. The van der Waals surface area contributed by atoms with Crippen LogP contribution in [0.3, 0.4) is 0 Å². The number of aryl methyl sites for hydroxylation is 3. The number of aromatic nitrogens is 1. The molecule has 6 aromatic rings. The normalized spacial score (nSPS) is 15.5. The van der Waals surface area contributed by atoms with E-state index in [9.17, 15) is 0 Å². The molecule has 34 heavy (non-hydrogen) atoms. The van der Waals surface area contributed by atoms with E-state index in [-0.39, 0.29) is 11.1 Å². The van der Waals surface area contributed by atoms with Crippen molar-refractivity contribution in [2.75, 3.05) is 0 Å². The molecule has 3 aromatic heterocycles. The standard InChI is InChI=1S/C31H30NO2/c1-18-11-12-23-24-14-13-22-21-9-7-8-10-26(21)33-29(22)30(24)34-28(23)27(18)25-15-20(16-31(3,4)5)19(2)17-32(25)6/h7-15,17H,16H2,1-6H3/q+1/i2D3,16D2. The lowest BCUT2D eigenvalue weighted by molar-refractivity contribution is -0.660. The third-order valence-electron chi connectivity index (χ3n) is 6.40. The Balaban J connectivity index is 1.70. The molecule has 0 radical (unpaired) electrons. The second-order valence-corrected chi connectivity index (χ2v) is 10.1. The van der Waals surface area contributed by atoms with Gasteiger partial charge in [-0.15, -0.1) is 0 Å². The van der Waals surface area contributed by atoms with Crippen molar-refractivity contribution in [3.63, 3.8) is 0 Å². The van der Waals surface area contributed by atoms with E-state index in [1.54, 1.807) is 44.6 Å². The number of rotatable bonds is 2. The quantitative estimate of drug-likeness (QED) is 0.247. The van der Waals surface area contributed by atoms with E-state index in [1.807, 2.05) is 49.4 Å². The average molecular weight is 454 g/mol. The van der Waals surface area contributed by atoms with Gasteiger partial charge in [-0.1, -0.05) is 51.1 Å². The topological polar surface area (TPSA) is 30.2 Å². The summed E-state index contributed by atoms with van der Waals surface area (Å²) in [6.07, 6.45) is -0.366. The van der Waals surface area contributed by atoms with Crippen molar-refractivity contribution >= 4 is 43.9 Å². The van der Waals surface area contributed by atoms with Gasteiger partial charge in [-0.2, -0.15) is 0 Å². The van der Waals surface area contributed by atoms with Crippen molar-refractivity contribution in [2.45, 2.75) is 40.9 Å². The largest absolute Gasteiger partial charge is 0.452 e. The highest BCUT2D eigenvalue weighted by molar-refractivity contribution is 6.20. The van der Waals surface area contributed by atoms with Gasteiger partial charge in [0.25, 0.3) is 0 Å². The first kappa shape index (κ1) is 16.1. The fourth-order valence-electron chi connectivity index (χ4n) is 4.90. The van der Waals surface area contributed by atoms with E-state index in [1.165, 1.54) is 0 Å². The summed E-state index contributed by atoms with van der Waals surface area (Å²) in [6.45, 7) is 4.86. The summed E-state index contributed by atoms with van der Waals surface area (Å²) < 4.78 is 57.1. The number of hydrogen-bond donors (Lipinski definition) is 0. The SMILES string of the molecule is [2H]C([2H])([2H])c1c[n+](C)c(-c2c(C)ccc3c2oc2c3ccc3c4ccccc4oc32)cc1C([2H])([2H])C(C)(C)C. The number of nitrogens with zero attached hydrogens (tertiary/aromatic N) is 1. The number of pyridine rings is 1. The zero-order chi connectivity index (χ0) is 28.1. The van der Waals surface area contributed by atoms with E-state index in [2.05, 4.69) is 6.07 Å². The van der Waals surface area contributed by atoms with Gasteiger partial charge in [-0.05, 0) is 54.9 Å². The van der Waals surface area contributed by atoms with Crippen LogP contribution in [0.4, 0.5) is 0 Å². The molecule has 0 bridgehead atoms. The molecule has 0 saturated carbocycles. The Morgan fingerprint density at radius 2 is 1.53 bits per heavy atom. The van der Waals surface area contributed by atoms with Crippen LogP contribution >= 0.6 is 0 Å². The molecule has 0 aliphatic heterocycles. The molecule has 3 heterocycles. The molecular weight excluding hydrogens is 418 g/mol. The Labute approximate surface area is 206 Å². The van der Waals surface area contributed by atoms with Gasteiger partial charge in [0, 0.05) is 40.0 Å². The van der Waals surface area contributed by atoms with Crippen LogP contribution in [0.1, 0.15) is 44.3 Å². The predicted molar refractivity (Wildman–Crippen MR) is 140 cm³/mol. The smallest absolute Gasteiger partial charge is 0.216 e. The Hall–Kier alpha value is -3.59. The molecular formula is C31H30NO2+. The molecule has 0 spiro atoms. The highest BCUT2D eigenvalue weighted by atomic mass is 16.4. The first-order valence-electron chi connectivity index (χ1n) is 14.0. The van der Waals surface area contributed by atoms with Gasteiger partial charge in [0.2, 0.25) is 5.69 Å². The molecule has 0 atom stereocenters. The molecule has 0 unspecified atom stereocenters. The average Bonchev–Trinajstić information content (AvgIpc) is 3.41. The molecule has 3 nitrogen and oxygen atoms in total. The van der Waals surface area contributed by atoms with Crippen LogP contribution in [0.15, 0.2) is 69.6 Å². The molecule has 170 valence electrons. The summed E-state index contributed by atoms with van der Waals surface area (Å²) in [7, 11) is 1.79. The fraction of sp³-hybridized carbons (Fsp3) is 0.258. The highest BCUT2D eigenvalue weighted by Gasteiger charge is 2.25. The highest BCUT2D eigenvalue weighted by Crippen LogP contribution is 2.42. The van der Waals surface area contributed by atoms with Crippen LogP contribution in [0, 0.1) is 19.2 Å². The summed E-state index contributed by atoms with van der Waals surface area (Å²) in [6, 6.07) is 17.7. The minimum absolute atomic E-state index is 0.00657. The van der Waals surface area contributed by atoms with E-state index in [0.29, 0.717) is 22.4 Å². The van der Waals surface area contributed by atoms with Gasteiger partial charge in [0.1, 0.15) is 18.2 Å². The maximum atomic E-state index is 8.99. The molecule has 0 fully saturated rings. The fourth-order valence-corrected chi connectivity index (χ4v) is 4.90. The number of hydrogen-bond acceptors (Lipinski definition) is 2.